The lowest BCUT2D eigenvalue weighted by molar-refractivity contribution is 0.329. The van der Waals surface area contributed by atoms with Crippen molar-refractivity contribution in [1.82, 2.24) is 0 Å². The minimum absolute atomic E-state index is 0.366. The summed E-state index contributed by atoms with van der Waals surface area (Å²) in [6.45, 7) is 7.80. The van der Waals surface area contributed by atoms with E-state index in [1.54, 1.807) is 36.4 Å². The number of phenolic OH excluding ortho intramolecular Hbond substituents is 10. The van der Waals surface area contributed by atoms with Crippen molar-refractivity contribution in [1.29, 1.82) is 0 Å². The maximum Gasteiger partial charge on any atom is 0.208 e. The van der Waals surface area contributed by atoms with E-state index < -0.39 is 57.5 Å². The van der Waals surface area contributed by atoms with Crippen molar-refractivity contribution in [2.75, 3.05) is 9.80 Å². The van der Waals surface area contributed by atoms with Crippen molar-refractivity contribution < 1.29 is 51.1 Å². The maximum atomic E-state index is 11.2. The lowest BCUT2D eigenvalue weighted by atomic mass is 9.88. The number of benzene rings is 9. The number of rotatable bonds is 6. The molecule has 0 spiro atoms. The lowest BCUT2D eigenvalue weighted by Gasteiger charge is -2.30. The molecule has 0 aliphatic carbocycles. The minimum atomic E-state index is -1.08. The van der Waals surface area contributed by atoms with E-state index in [4.69, 9.17) is 0 Å². The molecule has 9 aromatic carbocycles. The van der Waals surface area contributed by atoms with Crippen LogP contribution in [-0.2, 0) is 0 Å². The van der Waals surface area contributed by atoms with E-state index >= 15 is 0 Å². The number of hydrogen-bond acceptors (Lipinski definition) is 12. The Kier molecular flexibility index (Phi) is 9.27. The predicted octanol–water partition coefficient (Wildman–Crippen LogP) is 11.4. The number of hydrogen-bond donors (Lipinski definition) is 10. The Hall–Kier alpha value is -8.12. The topological polar surface area (TPSA) is 209 Å². The van der Waals surface area contributed by atoms with Crippen molar-refractivity contribution in [3.63, 3.8) is 0 Å². The monoisotopic (exact) mass is 804 g/mol. The summed E-state index contributed by atoms with van der Waals surface area (Å²) in [7, 11) is 0. The van der Waals surface area contributed by atoms with Gasteiger partial charge in [0.2, 0.25) is 34.5 Å². The molecule has 0 amide bonds. The molecule has 60 heavy (non-hydrogen) atoms. The summed E-state index contributed by atoms with van der Waals surface area (Å²) in [4.78, 5) is 2.98. The summed E-state index contributed by atoms with van der Waals surface area (Å²) in [6, 6.07) is 33.0. The highest BCUT2D eigenvalue weighted by molar-refractivity contribution is 6.35. The average Bonchev–Trinajstić information content (AvgIpc) is 3.27. The van der Waals surface area contributed by atoms with Gasteiger partial charge in [0.15, 0.2) is 23.0 Å². The quantitative estimate of drug-likeness (QED) is 0.0329. The zero-order valence-electron chi connectivity index (χ0n) is 32.8. The zero-order valence-corrected chi connectivity index (χ0v) is 32.8. The van der Waals surface area contributed by atoms with E-state index in [1.807, 2.05) is 100 Å². The molecular formula is C48H40N2O10. The van der Waals surface area contributed by atoms with Crippen LogP contribution in [0.15, 0.2) is 109 Å². The van der Waals surface area contributed by atoms with Crippen molar-refractivity contribution in [2.45, 2.75) is 27.7 Å². The third kappa shape index (κ3) is 5.60. The Morgan fingerprint density at radius 2 is 0.567 bits per heavy atom. The fourth-order valence-electron chi connectivity index (χ4n) is 8.00. The molecule has 0 saturated heterocycles. The van der Waals surface area contributed by atoms with Crippen LogP contribution in [0.2, 0.25) is 0 Å². The molecule has 0 atom stereocenters. The summed E-state index contributed by atoms with van der Waals surface area (Å²) < 4.78 is 0. The van der Waals surface area contributed by atoms with Gasteiger partial charge in [-0.15, -0.1) is 0 Å². The van der Waals surface area contributed by atoms with E-state index in [-0.39, 0.29) is 11.4 Å². The van der Waals surface area contributed by atoms with Gasteiger partial charge in [-0.3, -0.25) is 0 Å². The van der Waals surface area contributed by atoms with Gasteiger partial charge < -0.3 is 60.9 Å². The minimum Gasteiger partial charge on any atom is -0.503 e. The molecule has 9 rings (SSSR count). The van der Waals surface area contributed by atoms with Gasteiger partial charge in [0.1, 0.15) is 11.4 Å². The first-order chi connectivity index (χ1) is 28.8. The number of phenols is 10. The largest absolute Gasteiger partial charge is 0.503 e. The highest BCUT2D eigenvalue weighted by Gasteiger charge is 2.32. The standard InChI is InChI=1S/C46H34N2O10.C2H6/c1-21-9-13-23(14-10-21)47(35-37(49)41(53)45(57)42(54)38(35)50)31-19-17-27-26-6-4-8-30-32(20-18-28(34(26)30)25-5-3-7-29(31)33(25)27)48(24-15-11-22(2)12-16-24)36-39(51)43(55)46(58)44(56)40(36)52;1-2/h3-20,49-58H,1-2H3;1-2H3. The van der Waals surface area contributed by atoms with Crippen LogP contribution in [0, 0.1) is 13.8 Å². The van der Waals surface area contributed by atoms with Gasteiger partial charge in [-0.2, -0.15) is 0 Å². The first kappa shape index (κ1) is 38.7. The molecule has 0 fully saturated rings. The third-order valence-electron chi connectivity index (χ3n) is 10.8. The molecule has 0 unspecified atom stereocenters. The zero-order chi connectivity index (χ0) is 42.9. The molecule has 0 radical (unpaired) electrons. The van der Waals surface area contributed by atoms with Crippen LogP contribution < -0.4 is 9.80 Å². The molecule has 0 saturated carbocycles. The molecule has 12 nitrogen and oxygen atoms in total. The number of aryl methyl sites for hydroxylation is 2. The summed E-state index contributed by atoms with van der Waals surface area (Å²) >= 11 is 0. The highest BCUT2D eigenvalue weighted by Crippen LogP contribution is 2.61. The Morgan fingerprint density at radius 3 is 0.883 bits per heavy atom. The van der Waals surface area contributed by atoms with Crippen LogP contribution in [-0.4, -0.2) is 51.1 Å². The van der Waals surface area contributed by atoms with Crippen LogP contribution in [0.4, 0.5) is 34.1 Å². The van der Waals surface area contributed by atoms with Gasteiger partial charge in [0.25, 0.3) is 0 Å². The van der Waals surface area contributed by atoms with Crippen molar-refractivity contribution in [3.05, 3.63) is 120 Å². The summed E-state index contributed by atoms with van der Waals surface area (Å²) in [5.41, 5.74) is 2.95. The average molecular weight is 805 g/mol. The number of nitrogens with zero attached hydrogens (tertiary/aromatic N) is 2. The van der Waals surface area contributed by atoms with E-state index in [2.05, 4.69) is 0 Å². The van der Waals surface area contributed by atoms with Crippen LogP contribution in [0.5, 0.6) is 57.5 Å². The summed E-state index contributed by atoms with van der Waals surface area (Å²) in [5.74, 6) is -9.64. The summed E-state index contributed by atoms with van der Waals surface area (Å²) in [6.07, 6.45) is 0. The van der Waals surface area contributed by atoms with Gasteiger partial charge in [0.05, 0.1) is 11.4 Å². The third-order valence-corrected chi connectivity index (χ3v) is 10.8. The second-order valence-corrected chi connectivity index (χ2v) is 14.2. The number of aromatic hydroxyl groups is 10. The highest BCUT2D eigenvalue weighted by atomic mass is 16.4. The van der Waals surface area contributed by atoms with Gasteiger partial charge in [-0.1, -0.05) is 97.8 Å². The Bertz CT molecular complexity index is 2860. The number of anilines is 6. The van der Waals surface area contributed by atoms with Crippen LogP contribution >= 0.6 is 0 Å². The van der Waals surface area contributed by atoms with Crippen molar-refractivity contribution >= 4 is 77.2 Å². The van der Waals surface area contributed by atoms with Crippen LogP contribution in [0.3, 0.4) is 0 Å². The van der Waals surface area contributed by atoms with Gasteiger partial charge >= 0.3 is 0 Å². The van der Waals surface area contributed by atoms with Gasteiger partial charge in [-0.05, 0) is 82.6 Å². The lowest BCUT2D eigenvalue weighted by Crippen LogP contribution is -2.12. The van der Waals surface area contributed by atoms with Crippen molar-refractivity contribution in [3.8, 4) is 57.5 Å². The van der Waals surface area contributed by atoms with Crippen molar-refractivity contribution in [2.24, 2.45) is 0 Å². The van der Waals surface area contributed by atoms with E-state index in [9.17, 15) is 51.1 Å². The van der Waals surface area contributed by atoms with E-state index in [0.29, 0.717) is 33.5 Å². The first-order valence-corrected chi connectivity index (χ1v) is 19.0. The number of fused-ring (bicyclic) bond motifs is 2. The van der Waals surface area contributed by atoms with Gasteiger partial charge in [-0.25, -0.2) is 0 Å². The SMILES string of the molecule is CC.Cc1ccc(N(c2c(O)c(O)c(O)c(O)c2O)c2ccc3c4cccc5c(N(c6ccc(C)cc6)c6c(O)c(O)c(O)c(O)c6O)ccc(c6cccc2c63)c54)cc1. The molecule has 0 aliphatic heterocycles. The Labute approximate surface area is 342 Å². The first-order valence-electron chi connectivity index (χ1n) is 19.0. The molecule has 0 heterocycles. The van der Waals surface area contributed by atoms with E-state index in [1.165, 1.54) is 9.80 Å². The predicted molar refractivity (Wildman–Crippen MR) is 234 cm³/mol. The smallest absolute Gasteiger partial charge is 0.208 e. The van der Waals surface area contributed by atoms with Crippen LogP contribution in [0.25, 0.3) is 43.1 Å². The Morgan fingerprint density at radius 1 is 0.300 bits per heavy atom. The molecule has 0 bridgehead atoms. The van der Waals surface area contributed by atoms with Crippen LogP contribution in [0.1, 0.15) is 25.0 Å². The fourth-order valence-corrected chi connectivity index (χ4v) is 8.00. The molecular weight excluding hydrogens is 765 g/mol. The second-order valence-electron chi connectivity index (χ2n) is 14.2. The second kappa shape index (κ2) is 14.4. The molecule has 10 N–H and O–H groups in total. The summed E-state index contributed by atoms with van der Waals surface area (Å²) in [5, 5.41) is 114. The Balaban J connectivity index is 0.00000246. The molecule has 302 valence electrons. The molecule has 12 heteroatoms. The van der Waals surface area contributed by atoms with E-state index in [0.717, 1.165) is 43.4 Å². The fraction of sp³-hybridized carbons (Fsp3) is 0.0833. The normalized spacial score (nSPS) is 11.3. The molecule has 0 aliphatic rings. The maximum absolute atomic E-state index is 11.2. The molecule has 9 aromatic rings. The van der Waals surface area contributed by atoms with Gasteiger partial charge in [0, 0.05) is 22.1 Å². The molecule has 0 aromatic heterocycles.